The highest BCUT2D eigenvalue weighted by molar-refractivity contribution is 5.62. The Morgan fingerprint density at radius 2 is 0.810 bits per heavy atom. The Balaban J connectivity index is 1.52. The Morgan fingerprint density at radius 3 is 1.07 bits per heavy atom. The Hall–Kier alpha value is -3.32. The zero-order valence-electron chi connectivity index (χ0n) is 27.9. The molecule has 2 aromatic heterocycles. The molecular weight excluding hydrogens is 518 g/mol. The fraction of sp³-hybridized carbons (Fsp3) is 0.543. The molecule has 0 atom stereocenters. The van der Waals surface area contributed by atoms with Crippen LogP contribution in [0.4, 0.5) is 0 Å². The molecule has 2 heterocycles. The number of nitrogens with zero attached hydrogens (tertiary/aromatic N) is 6. The van der Waals surface area contributed by atoms with Crippen LogP contribution in [0.25, 0.3) is 22.5 Å². The lowest BCUT2D eigenvalue weighted by molar-refractivity contribution is 0.425. The summed E-state index contributed by atoms with van der Waals surface area (Å²) in [5.41, 5.74) is 15.8. The topological polar surface area (TPSA) is 87.4 Å². The lowest BCUT2D eigenvalue weighted by atomic mass is 9.79. The van der Waals surface area contributed by atoms with Crippen LogP contribution in [-0.4, -0.2) is 36.0 Å². The largest absolute Gasteiger partial charge is 0.325 e. The van der Waals surface area contributed by atoms with E-state index in [2.05, 4.69) is 140 Å². The molecule has 0 saturated carbocycles. The first-order chi connectivity index (χ1) is 19.2. The van der Waals surface area contributed by atoms with Crippen LogP contribution in [0.1, 0.15) is 105 Å². The molecular formula is C35H51N7. The molecule has 42 heavy (non-hydrogen) atoms. The minimum atomic E-state index is -0.203. The molecule has 0 spiro atoms. The highest BCUT2D eigenvalue weighted by atomic mass is 15.4. The molecule has 0 fully saturated rings. The number of benzene rings is 2. The maximum atomic E-state index is 6.58. The van der Waals surface area contributed by atoms with E-state index in [0.29, 0.717) is 13.1 Å². The van der Waals surface area contributed by atoms with Crippen molar-refractivity contribution in [2.24, 2.45) is 5.73 Å². The van der Waals surface area contributed by atoms with Crippen LogP contribution in [0.15, 0.2) is 48.8 Å². The second-order valence-electron chi connectivity index (χ2n) is 16.0. The summed E-state index contributed by atoms with van der Waals surface area (Å²) in [4.78, 5) is 0. The van der Waals surface area contributed by atoms with E-state index in [4.69, 9.17) is 5.73 Å². The summed E-state index contributed by atoms with van der Waals surface area (Å²) in [5.74, 6) is 0. The van der Waals surface area contributed by atoms with Gasteiger partial charge in [0.15, 0.2) is 0 Å². The third kappa shape index (κ3) is 7.54. The molecule has 7 nitrogen and oxygen atoms in total. The molecule has 0 aliphatic carbocycles. The quantitative estimate of drug-likeness (QED) is 0.261. The Kier molecular flexibility index (Phi) is 8.33. The number of nitrogens with two attached hydrogens (primary N) is 1. The van der Waals surface area contributed by atoms with Crippen LogP contribution in [0, 0.1) is 0 Å². The summed E-state index contributed by atoms with van der Waals surface area (Å²) < 4.78 is 3.67. The van der Waals surface area contributed by atoms with Gasteiger partial charge >= 0.3 is 0 Å². The summed E-state index contributed by atoms with van der Waals surface area (Å²) in [7, 11) is 0. The molecule has 0 aliphatic rings. The van der Waals surface area contributed by atoms with Gasteiger partial charge in [0, 0.05) is 17.2 Å². The second kappa shape index (κ2) is 11.1. The molecule has 0 saturated heterocycles. The number of hydrogen-bond acceptors (Lipinski definition) is 5. The van der Waals surface area contributed by atoms with Crippen LogP contribution in [0.3, 0.4) is 0 Å². The number of rotatable bonds is 6. The van der Waals surface area contributed by atoms with E-state index in [1.807, 2.05) is 21.8 Å². The summed E-state index contributed by atoms with van der Waals surface area (Å²) in [6.45, 7) is 28.0. The van der Waals surface area contributed by atoms with Crippen LogP contribution >= 0.6 is 0 Å². The maximum absolute atomic E-state index is 6.58. The Morgan fingerprint density at radius 1 is 0.524 bits per heavy atom. The maximum Gasteiger partial charge on any atom is 0.113 e. The minimum Gasteiger partial charge on any atom is -0.325 e. The minimum absolute atomic E-state index is 0.0351. The van der Waals surface area contributed by atoms with Gasteiger partial charge in [-0.2, -0.15) is 0 Å². The highest BCUT2D eigenvalue weighted by Gasteiger charge is 2.23. The lowest BCUT2D eigenvalue weighted by Crippen LogP contribution is -2.31. The highest BCUT2D eigenvalue weighted by Crippen LogP contribution is 2.34. The SMILES string of the molecule is CC(C)(C)c1cc(-c2cn(CC(N)Cn3cc(-c4cc(C(C)(C)C)cc(C(C)(C)C)c4)nn3)nn2)cc(C(C)(C)C)c1. The van der Waals surface area contributed by atoms with Gasteiger partial charge in [-0.15, -0.1) is 10.2 Å². The van der Waals surface area contributed by atoms with Crippen LogP contribution in [0.2, 0.25) is 0 Å². The first-order valence-electron chi connectivity index (χ1n) is 15.1. The average molecular weight is 570 g/mol. The molecule has 0 unspecified atom stereocenters. The van der Waals surface area contributed by atoms with E-state index in [-0.39, 0.29) is 27.7 Å². The normalized spacial score (nSPS) is 13.3. The first-order valence-corrected chi connectivity index (χ1v) is 15.1. The van der Waals surface area contributed by atoms with E-state index in [0.717, 1.165) is 22.5 Å². The molecule has 4 aromatic rings. The molecule has 2 aromatic carbocycles. The zero-order valence-corrected chi connectivity index (χ0v) is 27.9. The fourth-order valence-electron chi connectivity index (χ4n) is 4.86. The predicted molar refractivity (Wildman–Crippen MR) is 174 cm³/mol. The van der Waals surface area contributed by atoms with Gasteiger partial charge in [0.25, 0.3) is 0 Å². The van der Waals surface area contributed by atoms with E-state index in [9.17, 15) is 0 Å². The van der Waals surface area contributed by atoms with Gasteiger partial charge in [0.2, 0.25) is 0 Å². The van der Waals surface area contributed by atoms with Crippen molar-refractivity contribution in [2.75, 3.05) is 0 Å². The number of hydrogen-bond donors (Lipinski definition) is 1. The van der Waals surface area contributed by atoms with Crippen molar-refractivity contribution in [1.82, 2.24) is 30.0 Å². The smallest absolute Gasteiger partial charge is 0.113 e. The van der Waals surface area contributed by atoms with Crippen molar-refractivity contribution in [1.29, 1.82) is 0 Å². The van der Waals surface area contributed by atoms with Crippen molar-refractivity contribution in [3.63, 3.8) is 0 Å². The van der Waals surface area contributed by atoms with Crippen molar-refractivity contribution in [3.8, 4) is 22.5 Å². The molecule has 0 radical (unpaired) electrons. The molecule has 0 amide bonds. The molecule has 4 rings (SSSR count). The van der Waals surface area contributed by atoms with E-state index in [1.54, 1.807) is 0 Å². The van der Waals surface area contributed by atoms with Gasteiger partial charge in [0.1, 0.15) is 11.4 Å². The summed E-state index contributed by atoms with van der Waals surface area (Å²) in [5, 5.41) is 17.9. The standard InChI is InChI=1S/C35H51N7/c1-32(2,3)25-13-23(14-26(17-25)33(4,5)6)30-21-41(39-37-30)19-29(36)20-42-22-31(38-40-42)24-15-27(34(7,8)9)18-28(16-24)35(10,11)12/h13-18,21-22,29H,19-20,36H2,1-12H3. The number of aromatic nitrogens is 6. The monoisotopic (exact) mass is 569 g/mol. The third-order valence-electron chi connectivity index (χ3n) is 7.84. The molecule has 2 N–H and O–H groups in total. The van der Waals surface area contributed by atoms with E-state index >= 15 is 0 Å². The van der Waals surface area contributed by atoms with E-state index in [1.165, 1.54) is 22.3 Å². The van der Waals surface area contributed by atoms with Crippen molar-refractivity contribution in [3.05, 3.63) is 71.0 Å². The molecule has 0 bridgehead atoms. The summed E-state index contributed by atoms with van der Waals surface area (Å²) in [6.07, 6.45) is 3.99. The summed E-state index contributed by atoms with van der Waals surface area (Å²) >= 11 is 0. The molecule has 7 heteroatoms. The Labute approximate surface area is 252 Å². The van der Waals surface area contributed by atoms with Crippen molar-refractivity contribution >= 4 is 0 Å². The van der Waals surface area contributed by atoms with Crippen molar-refractivity contribution < 1.29 is 0 Å². The van der Waals surface area contributed by atoms with Gasteiger partial charge in [-0.05, 0) is 68.2 Å². The molecule has 0 aliphatic heterocycles. The second-order valence-corrected chi connectivity index (χ2v) is 16.0. The van der Waals surface area contributed by atoms with Gasteiger partial charge in [0.05, 0.1) is 25.5 Å². The zero-order chi connectivity index (χ0) is 31.3. The first kappa shape index (κ1) is 31.6. The summed E-state index contributed by atoms with van der Waals surface area (Å²) in [6, 6.07) is 13.4. The van der Waals surface area contributed by atoms with Crippen LogP contribution in [-0.2, 0) is 34.7 Å². The van der Waals surface area contributed by atoms with Gasteiger partial charge < -0.3 is 5.73 Å². The van der Waals surface area contributed by atoms with Crippen LogP contribution in [0.5, 0.6) is 0 Å². The fourth-order valence-corrected chi connectivity index (χ4v) is 4.86. The van der Waals surface area contributed by atoms with Crippen molar-refractivity contribution in [2.45, 2.75) is 124 Å². The third-order valence-corrected chi connectivity index (χ3v) is 7.84. The Bertz CT molecular complexity index is 1350. The molecule has 226 valence electrons. The van der Waals surface area contributed by atoms with Crippen LogP contribution < -0.4 is 5.73 Å². The van der Waals surface area contributed by atoms with Gasteiger partial charge in [-0.25, -0.2) is 0 Å². The van der Waals surface area contributed by atoms with Gasteiger partial charge in [-0.1, -0.05) is 106 Å². The lowest BCUT2D eigenvalue weighted by Gasteiger charge is -2.26. The predicted octanol–water partition coefficient (Wildman–Crippen LogP) is 7.42. The van der Waals surface area contributed by atoms with Gasteiger partial charge in [-0.3, -0.25) is 9.36 Å². The average Bonchev–Trinajstić information content (AvgIpc) is 3.51. The van der Waals surface area contributed by atoms with E-state index < -0.39 is 0 Å².